The second-order valence-corrected chi connectivity index (χ2v) is 6.07. The number of nitrogens with one attached hydrogen (secondary N) is 1. The van der Waals surface area contributed by atoms with E-state index in [0.717, 1.165) is 44.2 Å². The molecule has 1 aliphatic rings. The molecule has 0 unspecified atom stereocenters. The molecular formula is C17H27N3O2. The lowest BCUT2D eigenvalue weighted by Crippen LogP contribution is -2.50. The highest BCUT2D eigenvalue weighted by Crippen LogP contribution is 2.16. The lowest BCUT2D eigenvalue weighted by Gasteiger charge is -2.35. The minimum atomic E-state index is -0.0200. The van der Waals surface area contributed by atoms with E-state index in [9.17, 15) is 4.79 Å². The van der Waals surface area contributed by atoms with Gasteiger partial charge in [-0.3, -0.25) is 4.90 Å². The Balaban J connectivity index is 1.80. The Morgan fingerprint density at radius 2 is 1.82 bits per heavy atom. The lowest BCUT2D eigenvalue weighted by atomic mass is 10.2. The van der Waals surface area contributed by atoms with Gasteiger partial charge in [0.15, 0.2) is 0 Å². The molecule has 22 heavy (non-hydrogen) atoms. The Morgan fingerprint density at radius 3 is 2.36 bits per heavy atom. The van der Waals surface area contributed by atoms with Gasteiger partial charge in [0, 0.05) is 38.4 Å². The second-order valence-electron chi connectivity index (χ2n) is 6.07. The summed E-state index contributed by atoms with van der Waals surface area (Å²) in [4.78, 5) is 16.6. The van der Waals surface area contributed by atoms with Crippen molar-refractivity contribution < 1.29 is 9.53 Å². The van der Waals surface area contributed by atoms with Crippen LogP contribution in [0.2, 0.25) is 0 Å². The molecule has 1 N–H and O–H groups in total. The maximum Gasteiger partial charge on any atom is 0.321 e. The number of benzene rings is 1. The smallest absolute Gasteiger partial charge is 0.321 e. The molecule has 0 atom stereocenters. The third-order valence-corrected chi connectivity index (χ3v) is 3.70. The summed E-state index contributed by atoms with van der Waals surface area (Å²) in [7, 11) is 0. The number of hydrogen-bond acceptors (Lipinski definition) is 3. The Bertz CT molecular complexity index is 465. The third kappa shape index (κ3) is 4.91. The van der Waals surface area contributed by atoms with E-state index in [4.69, 9.17) is 4.74 Å². The molecule has 0 radical (unpaired) electrons. The van der Waals surface area contributed by atoms with Crippen LogP contribution in [0.1, 0.15) is 20.8 Å². The van der Waals surface area contributed by atoms with Crippen LogP contribution in [0.3, 0.4) is 0 Å². The number of carbonyl (C=O) groups excluding carboxylic acids is 1. The minimum Gasteiger partial charge on any atom is -0.494 e. The first-order valence-corrected chi connectivity index (χ1v) is 8.09. The second kappa shape index (κ2) is 8.03. The van der Waals surface area contributed by atoms with E-state index in [0.29, 0.717) is 12.5 Å². The number of carbonyl (C=O) groups is 1. The first-order chi connectivity index (χ1) is 10.6. The van der Waals surface area contributed by atoms with Gasteiger partial charge in [0.1, 0.15) is 5.75 Å². The van der Waals surface area contributed by atoms with Crippen molar-refractivity contribution in [3.8, 4) is 5.75 Å². The van der Waals surface area contributed by atoms with Gasteiger partial charge in [0.2, 0.25) is 0 Å². The summed E-state index contributed by atoms with van der Waals surface area (Å²) >= 11 is 0. The zero-order valence-electron chi connectivity index (χ0n) is 13.8. The number of anilines is 1. The number of rotatable bonds is 5. The topological polar surface area (TPSA) is 44.8 Å². The summed E-state index contributed by atoms with van der Waals surface area (Å²) in [6, 6.07) is 7.48. The van der Waals surface area contributed by atoms with Crippen LogP contribution < -0.4 is 10.1 Å². The van der Waals surface area contributed by atoms with Gasteiger partial charge in [-0.2, -0.15) is 0 Å². The minimum absolute atomic E-state index is 0.0200. The number of ether oxygens (including phenoxy) is 1. The summed E-state index contributed by atoms with van der Waals surface area (Å²) in [6.07, 6.45) is 0. The summed E-state index contributed by atoms with van der Waals surface area (Å²) in [5.74, 6) is 1.49. The van der Waals surface area contributed by atoms with Crippen molar-refractivity contribution in [3.63, 3.8) is 0 Å². The van der Waals surface area contributed by atoms with Gasteiger partial charge >= 0.3 is 6.03 Å². The Morgan fingerprint density at radius 1 is 1.18 bits per heavy atom. The van der Waals surface area contributed by atoms with E-state index >= 15 is 0 Å². The Kier molecular flexibility index (Phi) is 6.07. The standard InChI is InChI=1S/C17H27N3O2/c1-4-22-16-7-5-15(6-8-16)18-17(21)20-11-9-19(10-12-20)13-14(2)3/h5-8,14H,4,9-13H2,1-3H3,(H,18,21). The average Bonchev–Trinajstić information content (AvgIpc) is 2.49. The van der Waals surface area contributed by atoms with Crippen molar-refractivity contribution in [2.75, 3.05) is 44.6 Å². The van der Waals surface area contributed by atoms with Crippen LogP contribution in [-0.2, 0) is 0 Å². The highest BCUT2D eigenvalue weighted by molar-refractivity contribution is 5.89. The zero-order chi connectivity index (χ0) is 15.9. The highest BCUT2D eigenvalue weighted by Gasteiger charge is 2.21. The molecular weight excluding hydrogens is 278 g/mol. The number of piperazine rings is 1. The van der Waals surface area contributed by atoms with E-state index in [1.165, 1.54) is 0 Å². The molecule has 5 heteroatoms. The van der Waals surface area contributed by atoms with Crippen molar-refractivity contribution in [1.29, 1.82) is 0 Å². The van der Waals surface area contributed by atoms with Crippen LogP contribution in [0.5, 0.6) is 5.75 Å². The molecule has 0 spiro atoms. The van der Waals surface area contributed by atoms with Crippen LogP contribution in [0.25, 0.3) is 0 Å². The molecule has 5 nitrogen and oxygen atoms in total. The van der Waals surface area contributed by atoms with E-state index in [2.05, 4.69) is 24.1 Å². The van der Waals surface area contributed by atoms with E-state index in [1.807, 2.05) is 36.1 Å². The fraction of sp³-hybridized carbons (Fsp3) is 0.588. The van der Waals surface area contributed by atoms with Gasteiger partial charge in [0.25, 0.3) is 0 Å². The molecule has 0 bridgehead atoms. The number of hydrogen-bond donors (Lipinski definition) is 1. The van der Waals surface area contributed by atoms with Crippen molar-refractivity contribution >= 4 is 11.7 Å². The van der Waals surface area contributed by atoms with Crippen LogP contribution in [0.15, 0.2) is 24.3 Å². The molecule has 1 aliphatic heterocycles. The van der Waals surface area contributed by atoms with Crippen molar-refractivity contribution in [1.82, 2.24) is 9.80 Å². The zero-order valence-corrected chi connectivity index (χ0v) is 13.8. The van der Waals surface area contributed by atoms with E-state index in [1.54, 1.807) is 0 Å². The molecule has 1 aromatic rings. The lowest BCUT2D eigenvalue weighted by molar-refractivity contribution is 0.138. The van der Waals surface area contributed by atoms with Crippen molar-refractivity contribution in [2.24, 2.45) is 5.92 Å². The van der Waals surface area contributed by atoms with Crippen LogP contribution in [0, 0.1) is 5.92 Å². The Labute approximate surface area is 133 Å². The van der Waals surface area contributed by atoms with Crippen molar-refractivity contribution in [3.05, 3.63) is 24.3 Å². The number of nitrogens with zero attached hydrogens (tertiary/aromatic N) is 2. The maximum absolute atomic E-state index is 12.3. The fourth-order valence-corrected chi connectivity index (χ4v) is 2.65. The summed E-state index contributed by atoms with van der Waals surface area (Å²) in [5, 5.41) is 2.95. The maximum atomic E-state index is 12.3. The van der Waals surface area contributed by atoms with E-state index < -0.39 is 0 Å². The molecule has 1 heterocycles. The molecule has 0 aromatic heterocycles. The van der Waals surface area contributed by atoms with Gasteiger partial charge in [0.05, 0.1) is 6.61 Å². The predicted molar refractivity (Wildman–Crippen MR) is 89.5 cm³/mol. The van der Waals surface area contributed by atoms with Gasteiger partial charge in [-0.1, -0.05) is 13.8 Å². The van der Waals surface area contributed by atoms with Crippen LogP contribution in [0.4, 0.5) is 10.5 Å². The monoisotopic (exact) mass is 305 g/mol. The highest BCUT2D eigenvalue weighted by atomic mass is 16.5. The molecule has 2 rings (SSSR count). The molecule has 1 aromatic carbocycles. The van der Waals surface area contributed by atoms with E-state index in [-0.39, 0.29) is 6.03 Å². The summed E-state index contributed by atoms with van der Waals surface area (Å²) in [5.41, 5.74) is 0.804. The molecule has 0 saturated carbocycles. The first-order valence-electron chi connectivity index (χ1n) is 8.09. The van der Waals surface area contributed by atoms with Gasteiger partial charge < -0.3 is 15.0 Å². The third-order valence-electron chi connectivity index (χ3n) is 3.70. The number of urea groups is 1. The largest absolute Gasteiger partial charge is 0.494 e. The molecule has 1 fully saturated rings. The molecule has 0 aliphatic carbocycles. The normalized spacial score (nSPS) is 15.9. The van der Waals surface area contributed by atoms with Crippen LogP contribution >= 0.6 is 0 Å². The molecule has 122 valence electrons. The van der Waals surface area contributed by atoms with Gasteiger partial charge in [-0.25, -0.2) is 4.79 Å². The summed E-state index contributed by atoms with van der Waals surface area (Å²) < 4.78 is 5.40. The summed E-state index contributed by atoms with van der Waals surface area (Å²) in [6.45, 7) is 11.6. The quantitative estimate of drug-likeness (QED) is 0.910. The van der Waals surface area contributed by atoms with Crippen LogP contribution in [-0.4, -0.2) is 55.2 Å². The van der Waals surface area contributed by atoms with Crippen molar-refractivity contribution in [2.45, 2.75) is 20.8 Å². The average molecular weight is 305 g/mol. The Hall–Kier alpha value is -1.75. The van der Waals surface area contributed by atoms with Gasteiger partial charge in [-0.05, 0) is 37.1 Å². The first kappa shape index (κ1) is 16.6. The number of amides is 2. The SMILES string of the molecule is CCOc1ccc(NC(=O)N2CCN(CC(C)C)CC2)cc1. The molecule has 2 amide bonds. The molecule has 1 saturated heterocycles. The van der Waals surface area contributed by atoms with Gasteiger partial charge in [-0.15, -0.1) is 0 Å². The predicted octanol–water partition coefficient (Wildman–Crippen LogP) is 2.89. The fourth-order valence-electron chi connectivity index (χ4n) is 2.65.